The molecule has 16 heavy (non-hydrogen) atoms. The van der Waals surface area contributed by atoms with Crippen LogP contribution in [0.5, 0.6) is 0 Å². The van der Waals surface area contributed by atoms with Crippen molar-refractivity contribution in [1.29, 1.82) is 0 Å². The van der Waals surface area contributed by atoms with E-state index in [9.17, 15) is 17.8 Å². The summed E-state index contributed by atoms with van der Waals surface area (Å²) in [5, 5.41) is -0.370. The van der Waals surface area contributed by atoms with Gasteiger partial charge in [-0.05, 0) is 19.1 Å². The molecule has 0 N–H and O–H groups in total. The summed E-state index contributed by atoms with van der Waals surface area (Å²) >= 11 is 0. The second kappa shape index (κ2) is 3.73. The molecular formula is C11H10F2O2S. The molecule has 1 aromatic rings. The molecule has 3 unspecified atom stereocenters. The zero-order chi connectivity index (χ0) is 12.0. The lowest BCUT2D eigenvalue weighted by Gasteiger charge is -2.25. The van der Waals surface area contributed by atoms with Crippen LogP contribution < -0.4 is 0 Å². The quantitative estimate of drug-likeness (QED) is 0.701. The molecule has 0 saturated carbocycles. The average molecular weight is 244 g/mol. The topological polar surface area (TPSA) is 34.1 Å². The van der Waals surface area contributed by atoms with Crippen LogP contribution in [0.4, 0.5) is 8.78 Å². The Hall–Kier alpha value is -1.10. The van der Waals surface area contributed by atoms with Gasteiger partial charge in [-0.1, -0.05) is 6.92 Å². The molecule has 2 nitrogen and oxygen atoms in total. The number of hydrogen-bond acceptors (Lipinski definition) is 2. The Kier molecular flexibility index (Phi) is 2.66. The molecule has 1 aliphatic heterocycles. The lowest BCUT2D eigenvalue weighted by Crippen LogP contribution is -2.33. The molecule has 0 spiro atoms. The van der Waals surface area contributed by atoms with Gasteiger partial charge in [0.05, 0.1) is 15.7 Å². The minimum Gasteiger partial charge on any atom is -0.294 e. The first-order valence-corrected chi connectivity index (χ1v) is 6.08. The van der Waals surface area contributed by atoms with Crippen molar-refractivity contribution in [3.63, 3.8) is 0 Å². The van der Waals surface area contributed by atoms with Crippen molar-refractivity contribution in [2.75, 3.05) is 0 Å². The first-order chi connectivity index (χ1) is 7.43. The molecule has 0 amide bonds. The third-order valence-corrected chi connectivity index (χ3v) is 4.81. The maximum absolute atomic E-state index is 13.0. The minimum atomic E-state index is -1.46. The van der Waals surface area contributed by atoms with Gasteiger partial charge in [-0.25, -0.2) is 8.78 Å². The third kappa shape index (κ3) is 1.50. The van der Waals surface area contributed by atoms with Crippen LogP contribution in [0, 0.1) is 17.6 Å². The number of fused-ring (bicyclic) bond motifs is 1. The molecule has 3 atom stereocenters. The van der Waals surface area contributed by atoms with E-state index in [2.05, 4.69) is 0 Å². The number of benzene rings is 1. The van der Waals surface area contributed by atoms with Crippen LogP contribution in [-0.2, 0) is 10.8 Å². The van der Waals surface area contributed by atoms with Crippen LogP contribution >= 0.6 is 0 Å². The lowest BCUT2D eigenvalue weighted by atomic mass is 9.96. The van der Waals surface area contributed by atoms with Crippen molar-refractivity contribution in [2.45, 2.75) is 24.0 Å². The van der Waals surface area contributed by atoms with Gasteiger partial charge in [0.2, 0.25) is 0 Å². The highest BCUT2D eigenvalue weighted by atomic mass is 32.2. The Labute approximate surface area is 94.1 Å². The van der Waals surface area contributed by atoms with Crippen molar-refractivity contribution in [2.24, 2.45) is 5.92 Å². The summed E-state index contributed by atoms with van der Waals surface area (Å²) in [4.78, 5) is 11.9. The van der Waals surface area contributed by atoms with Crippen molar-refractivity contribution < 1.29 is 17.8 Å². The molecule has 0 bridgehead atoms. The van der Waals surface area contributed by atoms with Crippen LogP contribution in [0.15, 0.2) is 17.0 Å². The Balaban J connectivity index is 2.69. The van der Waals surface area contributed by atoms with Gasteiger partial charge in [0.1, 0.15) is 0 Å². The van der Waals surface area contributed by atoms with E-state index >= 15 is 0 Å². The number of carbonyl (C=O) groups is 1. The molecule has 0 fully saturated rings. The number of halogens is 2. The van der Waals surface area contributed by atoms with Crippen LogP contribution in [0.2, 0.25) is 0 Å². The smallest absolute Gasteiger partial charge is 0.168 e. The van der Waals surface area contributed by atoms with E-state index in [1.54, 1.807) is 13.8 Å². The number of Topliss-reactive ketones (excluding diaryl/α,β-unsaturated/α-hetero) is 1. The van der Waals surface area contributed by atoms with Crippen molar-refractivity contribution in [1.82, 2.24) is 0 Å². The third-order valence-electron chi connectivity index (χ3n) is 2.96. The van der Waals surface area contributed by atoms with Gasteiger partial charge in [0.25, 0.3) is 0 Å². The predicted octanol–water partition coefficient (Wildman–Crippen LogP) is 2.29. The van der Waals surface area contributed by atoms with Gasteiger partial charge < -0.3 is 0 Å². The second-order valence-corrected chi connectivity index (χ2v) is 5.70. The van der Waals surface area contributed by atoms with Gasteiger partial charge in [0, 0.05) is 16.7 Å². The predicted molar refractivity (Wildman–Crippen MR) is 55.7 cm³/mol. The van der Waals surface area contributed by atoms with E-state index in [1.807, 2.05) is 0 Å². The monoisotopic (exact) mass is 244 g/mol. The van der Waals surface area contributed by atoms with Crippen LogP contribution in [0.25, 0.3) is 0 Å². The summed E-state index contributed by atoms with van der Waals surface area (Å²) in [6.45, 7) is 3.32. The SMILES string of the molecule is CC1C(=O)c2cc(F)c(F)cc2S(=O)C1C. The fourth-order valence-corrected chi connectivity index (χ4v) is 3.22. The molecule has 0 saturated heterocycles. The van der Waals surface area contributed by atoms with Crippen molar-refractivity contribution >= 4 is 16.6 Å². The molecule has 0 aliphatic carbocycles. The Bertz CT molecular complexity index is 454. The number of carbonyl (C=O) groups excluding carboxylic acids is 1. The maximum atomic E-state index is 13.0. The standard InChI is InChI=1S/C11H10F2O2S/c1-5-6(2)16(15)10-4-9(13)8(12)3-7(10)11(5)14/h3-6H,1-2H3. The number of rotatable bonds is 0. The molecule has 0 aromatic heterocycles. The van der Waals surface area contributed by atoms with E-state index in [-0.39, 0.29) is 21.5 Å². The summed E-state index contributed by atoms with van der Waals surface area (Å²) in [5.41, 5.74) is 0.0443. The number of hydrogen-bond donors (Lipinski definition) is 0. The van der Waals surface area contributed by atoms with Gasteiger partial charge in [0.15, 0.2) is 17.4 Å². The van der Waals surface area contributed by atoms with E-state index in [4.69, 9.17) is 0 Å². The highest BCUT2D eigenvalue weighted by molar-refractivity contribution is 7.86. The zero-order valence-corrected chi connectivity index (χ0v) is 9.61. The molecule has 86 valence electrons. The Morgan fingerprint density at radius 1 is 1.19 bits per heavy atom. The van der Waals surface area contributed by atoms with E-state index < -0.39 is 28.4 Å². The minimum absolute atomic E-state index is 0.0443. The summed E-state index contributed by atoms with van der Waals surface area (Å²) in [7, 11) is -1.46. The summed E-state index contributed by atoms with van der Waals surface area (Å²) in [5.74, 6) is -2.85. The van der Waals surface area contributed by atoms with E-state index in [0.717, 1.165) is 12.1 Å². The first-order valence-electron chi connectivity index (χ1n) is 4.87. The number of ketones is 1. The summed E-state index contributed by atoms with van der Waals surface area (Å²) in [6.07, 6.45) is 0. The van der Waals surface area contributed by atoms with Gasteiger partial charge >= 0.3 is 0 Å². The average Bonchev–Trinajstić information content (AvgIpc) is 2.26. The van der Waals surface area contributed by atoms with Crippen molar-refractivity contribution in [3.8, 4) is 0 Å². The van der Waals surface area contributed by atoms with E-state index in [1.165, 1.54) is 0 Å². The van der Waals surface area contributed by atoms with Gasteiger partial charge in [-0.2, -0.15) is 0 Å². The largest absolute Gasteiger partial charge is 0.294 e. The molecular weight excluding hydrogens is 234 g/mol. The molecule has 5 heteroatoms. The highest BCUT2D eigenvalue weighted by Crippen LogP contribution is 2.31. The van der Waals surface area contributed by atoms with Gasteiger partial charge in [-0.15, -0.1) is 0 Å². The zero-order valence-electron chi connectivity index (χ0n) is 8.79. The normalized spacial score (nSPS) is 29.0. The molecule has 2 rings (SSSR count). The van der Waals surface area contributed by atoms with Crippen LogP contribution in [-0.4, -0.2) is 15.2 Å². The highest BCUT2D eigenvalue weighted by Gasteiger charge is 2.36. The fraction of sp³-hybridized carbons (Fsp3) is 0.364. The Morgan fingerprint density at radius 2 is 1.75 bits per heavy atom. The van der Waals surface area contributed by atoms with Crippen LogP contribution in [0.3, 0.4) is 0 Å². The second-order valence-electron chi connectivity index (χ2n) is 3.92. The molecule has 1 aliphatic rings. The maximum Gasteiger partial charge on any atom is 0.168 e. The molecule has 1 aromatic carbocycles. The van der Waals surface area contributed by atoms with E-state index in [0.29, 0.717) is 0 Å². The molecule has 0 radical (unpaired) electrons. The lowest BCUT2D eigenvalue weighted by molar-refractivity contribution is 0.0921. The fourth-order valence-electron chi connectivity index (χ4n) is 1.73. The molecule has 1 heterocycles. The van der Waals surface area contributed by atoms with Gasteiger partial charge in [-0.3, -0.25) is 9.00 Å². The van der Waals surface area contributed by atoms with Crippen molar-refractivity contribution in [3.05, 3.63) is 29.3 Å². The summed E-state index contributed by atoms with van der Waals surface area (Å²) < 4.78 is 37.9. The summed E-state index contributed by atoms with van der Waals surface area (Å²) in [6, 6.07) is 1.70. The first kappa shape index (κ1) is 11.4. The van der Waals surface area contributed by atoms with Crippen LogP contribution in [0.1, 0.15) is 24.2 Å². The Morgan fingerprint density at radius 3 is 2.38 bits per heavy atom.